The van der Waals surface area contributed by atoms with Gasteiger partial charge in [0.15, 0.2) is 11.5 Å². The zero-order chi connectivity index (χ0) is 23.1. The van der Waals surface area contributed by atoms with Crippen molar-refractivity contribution >= 4 is 17.8 Å². The highest BCUT2D eigenvalue weighted by Crippen LogP contribution is 2.51. The molecule has 2 N–H and O–H groups in total. The van der Waals surface area contributed by atoms with E-state index in [0.29, 0.717) is 25.9 Å². The zero-order valence-electron chi connectivity index (χ0n) is 17.0. The van der Waals surface area contributed by atoms with Crippen molar-refractivity contribution in [3.8, 4) is 0 Å². The van der Waals surface area contributed by atoms with E-state index in [1.165, 1.54) is 6.07 Å². The molecular weight excluding hydrogens is 431 g/mol. The molecule has 32 heavy (non-hydrogen) atoms. The SMILES string of the molecule is NC(=O)c1cc(CN(C(=O)[O-])C2CC3(CCN(c4cc(C(F)(F)F)ccn4)CC3)C2)on1. The summed E-state index contributed by atoms with van der Waals surface area (Å²) in [7, 11) is 0. The molecule has 1 saturated heterocycles. The molecule has 2 aliphatic rings. The average Bonchev–Trinajstić information content (AvgIpc) is 3.19. The molecule has 1 aliphatic heterocycles. The van der Waals surface area contributed by atoms with Crippen LogP contribution in [-0.2, 0) is 12.7 Å². The number of aromatic nitrogens is 2. The van der Waals surface area contributed by atoms with E-state index in [1.807, 2.05) is 4.90 Å². The minimum atomic E-state index is -4.42. The predicted molar refractivity (Wildman–Crippen MR) is 102 cm³/mol. The molecule has 2 amide bonds. The van der Waals surface area contributed by atoms with Gasteiger partial charge in [0, 0.05) is 31.4 Å². The van der Waals surface area contributed by atoms with Crippen LogP contribution in [0.15, 0.2) is 28.9 Å². The second kappa shape index (κ2) is 7.99. The lowest BCUT2D eigenvalue weighted by Crippen LogP contribution is -2.58. The molecule has 0 atom stereocenters. The molecule has 1 saturated carbocycles. The fraction of sp³-hybridized carbons (Fsp3) is 0.500. The van der Waals surface area contributed by atoms with Crippen molar-refractivity contribution in [1.29, 1.82) is 0 Å². The maximum absolute atomic E-state index is 13.0. The Morgan fingerprint density at radius 1 is 1.28 bits per heavy atom. The highest BCUT2D eigenvalue weighted by Gasteiger charge is 2.48. The summed E-state index contributed by atoms with van der Waals surface area (Å²) >= 11 is 0. The Labute approximate surface area is 181 Å². The summed E-state index contributed by atoms with van der Waals surface area (Å²) in [6, 6.07) is 3.02. The predicted octanol–water partition coefficient (Wildman–Crippen LogP) is 1.78. The van der Waals surface area contributed by atoms with Crippen LogP contribution in [0.1, 0.15) is 47.5 Å². The molecule has 1 aliphatic carbocycles. The number of carbonyl (C=O) groups excluding carboxylic acids is 2. The smallest absolute Gasteiger partial charge is 0.416 e. The maximum Gasteiger partial charge on any atom is 0.416 e. The van der Waals surface area contributed by atoms with E-state index in [0.717, 1.165) is 36.1 Å². The Hall–Kier alpha value is -3.31. The lowest BCUT2D eigenvalue weighted by molar-refractivity contribution is -0.273. The molecule has 2 fully saturated rings. The molecule has 4 rings (SSSR count). The summed E-state index contributed by atoms with van der Waals surface area (Å²) in [5.41, 5.74) is 4.23. The lowest BCUT2D eigenvalue weighted by Gasteiger charge is -2.55. The lowest BCUT2D eigenvalue weighted by atomic mass is 9.60. The van der Waals surface area contributed by atoms with E-state index in [4.69, 9.17) is 10.3 Å². The number of alkyl halides is 3. The molecule has 2 aromatic rings. The van der Waals surface area contributed by atoms with Crippen LogP contribution in [0.2, 0.25) is 0 Å². The van der Waals surface area contributed by atoms with E-state index >= 15 is 0 Å². The van der Waals surface area contributed by atoms with Gasteiger partial charge in [-0.25, -0.2) is 4.98 Å². The third kappa shape index (κ3) is 4.34. The van der Waals surface area contributed by atoms with Crippen molar-refractivity contribution < 1.29 is 32.4 Å². The topological polar surface area (TPSA) is 129 Å². The largest absolute Gasteiger partial charge is 0.530 e. The van der Waals surface area contributed by atoms with Crippen molar-refractivity contribution in [2.24, 2.45) is 11.1 Å². The van der Waals surface area contributed by atoms with Crippen LogP contribution in [0.25, 0.3) is 0 Å². The van der Waals surface area contributed by atoms with Crippen LogP contribution < -0.4 is 15.7 Å². The average molecular weight is 452 g/mol. The first-order valence-electron chi connectivity index (χ1n) is 10.1. The zero-order valence-corrected chi connectivity index (χ0v) is 17.0. The van der Waals surface area contributed by atoms with Crippen LogP contribution in [0, 0.1) is 5.41 Å². The van der Waals surface area contributed by atoms with Crippen LogP contribution in [0.4, 0.5) is 23.8 Å². The minimum Gasteiger partial charge on any atom is -0.530 e. The fourth-order valence-electron chi connectivity index (χ4n) is 4.56. The second-order valence-corrected chi connectivity index (χ2v) is 8.39. The number of carboxylic acid groups (broad SMARTS) is 1. The van der Waals surface area contributed by atoms with Gasteiger partial charge in [-0.2, -0.15) is 13.2 Å². The third-order valence-corrected chi connectivity index (χ3v) is 6.37. The standard InChI is InChI=1S/C20H22F3N5O4/c21-20(22,23)12-1-4-25-16(7-12)27-5-2-19(3-6-27)9-13(10-19)28(18(30)31)11-14-8-15(17(24)29)26-32-14/h1,4,7-8,13H,2-3,5-6,9-11H2,(H2,24,29)(H,30,31)/p-1. The monoisotopic (exact) mass is 452 g/mol. The number of nitrogens with zero attached hydrogens (tertiary/aromatic N) is 4. The first-order chi connectivity index (χ1) is 15.1. The number of hydrogen-bond acceptors (Lipinski definition) is 7. The molecule has 172 valence electrons. The molecule has 1 spiro atoms. The van der Waals surface area contributed by atoms with Gasteiger partial charge in [0.1, 0.15) is 11.9 Å². The van der Waals surface area contributed by atoms with Gasteiger partial charge in [0.25, 0.3) is 5.91 Å². The first kappa shape index (κ1) is 21.9. The minimum absolute atomic E-state index is 0.0731. The summed E-state index contributed by atoms with van der Waals surface area (Å²) in [6.07, 6.45) is -1.96. The number of amides is 2. The van der Waals surface area contributed by atoms with Crippen LogP contribution in [0.3, 0.4) is 0 Å². The maximum atomic E-state index is 13.0. The van der Waals surface area contributed by atoms with Crippen molar-refractivity contribution in [3.05, 3.63) is 41.4 Å². The molecule has 0 bridgehead atoms. The van der Waals surface area contributed by atoms with Crippen LogP contribution in [-0.4, -0.2) is 46.2 Å². The molecule has 2 aromatic heterocycles. The van der Waals surface area contributed by atoms with E-state index < -0.39 is 23.7 Å². The number of carbonyl (C=O) groups is 2. The van der Waals surface area contributed by atoms with Crippen molar-refractivity contribution in [1.82, 2.24) is 15.0 Å². The van der Waals surface area contributed by atoms with Gasteiger partial charge in [-0.1, -0.05) is 5.16 Å². The van der Waals surface area contributed by atoms with Crippen LogP contribution >= 0.6 is 0 Å². The van der Waals surface area contributed by atoms with Crippen LogP contribution in [0.5, 0.6) is 0 Å². The van der Waals surface area contributed by atoms with Gasteiger partial charge in [-0.15, -0.1) is 0 Å². The number of rotatable bonds is 5. The van der Waals surface area contributed by atoms with E-state index in [1.54, 1.807) is 0 Å². The summed E-state index contributed by atoms with van der Waals surface area (Å²) < 4.78 is 43.9. The molecule has 9 nitrogen and oxygen atoms in total. The molecule has 12 heteroatoms. The van der Waals surface area contributed by atoms with Gasteiger partial charge in [-0.3, -0.25) is 4.79 Å². The highest BCUT2D eigenvalue weighted by atomic mass is 19.4. The summed E-state index contributed by atoms with van der Waals surface area (Å²) in [4.78, 5) is 29.8. The van der Waals surface area contributed by atoms with Gasteiger partial charge in [0.05, 0.1) is 12.1 Å². The normalized spacial score (nSPS) is 18.4. The Balaban J connectivity index is 1.35. The number of piperidine rings is 1. The Kier molecular flexibility index (Phi) is 5.47. The van der Waals surface area contributed by atoms with Gasteiger partial charge >= 0.3 is 6.18 Å². The quantitative estimate of drug-likeness (QED) is 0.732. The Morgan fingerprint density at radius 3 is 2.53 bits per heavy atom. The second-order valence-electron chi connectivity index (χ2n) is 8.39. The number of hydrogen-bond donors (Lipinski definition) is 1. The third-order valence-electron chi connectivity index (χ3n) is 6.37. The fourth-order valence-corrected chi connectivity index (χ4v) is 4.56. The summed E-state index contributed by atoms with van der Waals surface area (Å²) in [5.74, 6) is -0.295. The number of pyridine rings is 1. The van der Waals surface area contributed by atoms with E-state index in [2.05, 4.69) is 10.1 Å². The summed E-state index contributed by atoms with van der Waals surface area (Å²) in [5, 5.41) is 15.2. The van der Waals surface area contributed by atoms with Gasteiger partial charge in [0.2, 0.25) is 0 Å². The first-order valence-corrected chi connectivity index (χ1v) is 10.1. The Bertz CT molecular complexity index is 1010. The van der Waals surface area contributed by atoms with Gasteiger partial charge < -0.3 is 30.0 Å². The summed E-state index contributed by atoms with van der Waals surface area (Å²) in [6.45, 7) is 0.969. The highest BCUT2D eigenvalue weighted by molar-refractivity contribution is 5.90. The van der Waals surface area contributed by atoms with Crippen molar-refractivity contribution in [2.75, 3.05) is 18.0 Å². The number of nitrogens with two attached hydrogens (primary N) is 1. The number of primary amides is 1. The molecule has 0 radical (unpaired) electrons. The van der Waals surface area contributed by atoms with Crippen molar-refractivity contribution in [2.45, 2.75) is 44.4 Å². The molecular formula is C20H21F3N5O4-. The molecule has 3 heterocycles. The van der Waals surface area contributed by atoms with E-state index in [9.17, 15) is 27.9 Å². The molecule has 0 unspecified atom stereocenters. The van der Waals surface area contributed by atoms with Gasteiger partial charge in [-0.05, 0) is 43.2 Å². The number of halogens is 3. The molecule has 0 aromatic carbocycles. The van der Waals surface area contributed by atoms with E-state index in [-0.39, 0.29) is 35.3 Å². The Morgan fingerprint density at radius 2 is 1.97 bits per heavy atom. The van der Waals surface area contributed by atoms with Crippen molar-refractivity contribution in [3.63, 3.8) is 0 Å². The number of anilines is 1.